The van der Waals surface area contributed by atoms with Crippen LogP contribution in [0.25, 0.3) is 0 Å². The summed E-state index contributed by atoms with van der Waals surface area (Å²) in [6.07, 6.45) is 1.96. The van der Waals surface area contributed by atoms with Crippen molar-refractivity contribution >= 4 is 11.7 Å². The van der Waals surface area contributed by atoms with Gasteiger partial charge in [-0.3, -0.25) is 19.8 Å². The molecule has 1 aromatic rings. The second-order valence-corrected chi connectivity index (χ2v) is 5.69. The summed E-state index contributed by atoms with van der Waals surface area (Å²) in [5.74, 6) is -1.00. The maximum atomic E-state index is 14.1. The number of benzene rings is 1. The lowest BCUT2D eigenvalue weighted by molar-refractivity contribution is -0.386. The minimum atomic E-state index is -0.625. The molecular formula is C16H21FN2O5. The lowest BCUT2D eigenvalue weighted by atomic mass is 10.1. The van der Waals surface area contributed by atoms with Crippen LogP contribution in [-0.2, 0) is 20.8 Å². The molecule has 0 aromatic heterocycles. The summed E-state index contributed by atoms with van der Waals surface area (Å²) in [5.41, 5.74) is -0.240. The third-order valence-electron chi connectivity index (χ3n) is 4.02. The molecule has 0 bridgehead atoms. The van der Waals surface area contributed by atoms with Gasteiger partial charge in [-0.25, -0.2) is 4.39 Å². The smallest absolute Gasteiger partial charge is 0.306 e. The maximum absolute atomic E-state index is 14.1. The molecule has 1 saturated heterocycles. The van der Waals surface area contributed by atoms with Crippen molar-refractivity contribution in [3.8, 4) is 0 Å². The molecule has 1 fully saturated rings. The zero-order valence-electron chi connectivity index (χ0n) is 13.6. The summed E-state index contributed by atoms with van der Waals surface area (Å²) in [7, 11) is 1.30. The summed E-state index contributed by atoms with van der Waals surface area (Å²) in [6, 6.07) is 3.80. The molecule has 1 atom stereocenters. The quantitative estimate of drug-likeness (QED) is 0.410. The molecule has 1 heterocycles. The average Bonchev–Trinajstić information content (AvgIpc) is 3.06. The first-order chi connectivity index (χ1) is 11.5. The van der Waals surface area contributed by atoms with Gasteiger partial charge in [0, 0.05) is 32.3 Å². The van der Waals surface area contributed by atoms with E-state index in [1.165, 1.54) is 25.3 Å². The Hall–Kier alpha value is -2.06. The topological polar surface area (TPSA) is 81.9 Å². The van der Waals surface area contributed by atoms with Crippen molar-refractivity contribution in [3.05, 3.63) is 39.7 Å². The third-order valence-corrected chi connectivity index (χ3v) is 4.02. The second kappa shape index (κ2) is 8.70. The number of ether oxygens (including phenoxy) is 2. The molecule has 132 valence electrons. The van der Waals surface area contributed by atoms with Crippen molar-refractivity contribution in [2.75, 3.05) is 26.8 Å². The van der Waals surface area contributed by atoms with Gasteiger partial charge in [-0.1, -0.05) is 6.07 Å². The summed E-state index contributed by atoms with van der Waals surface area (Å²) >= 11 is 0. The van der Waals surface area contributed by atoms with Gasteiger partial charge in [0.1, 0.15) is 5.82 Å². The van der Waals surface area contributed by atoms with Crippen LogP contribution in [0, 0.1) is 15.9 Å². The molecule has 0 radical (unpaired) electrons. The Morgan fingerprint density at radius 3 is 2.96 bits per heavy atom. The number of halogens is 1. The largest absolute Gasteiger partial charge is 0.469 e. The molecule has 0 N–H and O–H groups in total. The van der Waals surface area contributed by atoms with E-state index in [4.69, 9.17) is 4.74 Å². The third kappa shape index (κ3) is 4.97. The van der Waals surface area contributed by atoms with Crippen molar-refractivity contribution in [3.63, 3.8) is 0 Å². The Bertz CT molecular complexity index is 590. The molecule has 2 rings (SSSR count). The summed E-state index contributed by atoms with van der Waals surface area (Å²) in [5, 5.41) is 11.1. The number of nitro groups is 1. The highest BCUT2D eigenvalue weighted by Crippen LogP contribution is 2.24. The fraction of sp³-hybridized carbons (Fsp3) is 0.562. The number of hydrogen-bond donors (Lipinski definition) is 0. The van der Waals surface area contributed by atoms with Crippen LogP contribution in [0.15, 0.2) is 18.2 Å². The van der Waals surface area contributed by atoms with Gasteiger partial charge in [0.05, 0.1) is 30.1 Å². The summed E-state index contributed by atoms with van der Waals surface area (Å²) < 4.78 is 24.3. The van der Waals surface area contributed by atoms with Gasteiger partial charge in [-0.05, 0) is 18.9 Å². The number of rotatable bonds is 8. The van der Waals surface area contributed by atoms with Gasteiger partial charge in [0.25, 0.3) is 5.69 Å². The Morgan fingerprint density at radius 1 is 1.54 bits per heavy atom. The Kier molecular flexibility index (Phi) is 6.62. The molecule has 0 amide bonds. The molecule has 7 nitrogen and oxygen atoms in total. The minimum absolute atomic E-state index is 0.00604. The van der Waals surface area contributed by atoms with Crippen molar-refractivity contribution < 1.29 is 23.6 Å². The molecule has 1 aliphatic heterocycles. The number of carbonyl (C=O) groups excluding carboxylic acids is 1. The molecule has 1 unspecified atom stereocenters. The Labute approximate surface area is 139 Å². The van der Waals surface area contributed by atoms with E-state index in [0.717, 1.165) is 12.8 Å². The maximum Gasteiger partial charge on any atom is 0.306 e. The van der Waals surface area contributed by atoms with E-state index >= 15 is 0 Å². The zero-order valence-corrected chi connectivity index (χ0v) is 13.6. The molecule has 8 heteroatoms. The molecule has 1 aromatic carbocycles. The van der Waals surface area contributed by atoms with Crippen LogP contribution >= 0.6 is 0 Å². The summed E-state index contributed by atoms with van der Waals surface area (Å²) in [4.78, 5) is 23.7. The van der Waals surface area contributed by atoms with Crippen molar-refractivity contribution in [1.29, 1.82) is 0 Å². The van der Waals surface area contributed by atoms with Crippen molar-refractivity contribution in [2.24, 2.45) is 0 Å². The molecule has 0 aliphatic carbocycles. The molecule has 0 spiro atoms. The first-order valence-electron chi connectivity index (χ1n) is 7.83. The van der Waals surface area contributed by atoms with E-state index in [0.29, 0.717) is 19.7 Å². The van der Waals surface area contributed by atoms with Crippen molar-refractivity contribution in [2.45, 2.75) is 31.9 Å². The van der Waals surface area contributed by atoms with Gasteiger partial charge in [0.2, 0.25) is 0 Å². The van der Waals surface area contributed by atoms with E-state index in [2.05, 4.69) is 4.74 Å². The molecule has 1 aliphatic rings. The van der Waals surface area contributed by atoms with Crippen LogP contribution in [0.5, 0.6) is 0 Å². The van der Waals surface area contributed by atoms with Crippen LogP contribution < -0.4 is 0 Å². The highest BCUT2D eigenvalue weighted by molar-refractivity contribution is 5.69. The van der Waals surface area contributed by atoms with E-state index in [-0.39, 0.29) is 36.3 Å². The van der Waals surface area contributed by atoms with Crippen LogP contribution in [-0.4, -0.2) is 48.7 Å². The monoisotopic (exact) mass is 340 g/mol. The number of nitrogens with zero attached hydrogens (tertiary/aromatic N) is 2. The minimum Gasteiger partial charge on any atom is -0.469 e. The number of carbonyl (C=O) groups is 1. The Morgan fingerprint density at radius 2 is 2.33 bits per heavy atom. The van der Waals surface area contributed by atoms with Gasteiger partial charge < -0.3 is 9.47 Å². The van der Waals surface area contributed by atoms with E-state index in [1.807, 2.05) is 0 Å². The van der Waals surface area contributed by atoms with E-state index in [1.54, 1.807) is 4.90 Å². The zero-order chi connectivity index (χ0) is 17.5. The van der Waals surface area contributed by atoms with Crippen molar-refractivity contribution in [1.82, 2.24) is 4.90 Å². The number of nitro benzene ring substituents is 1. The second-order valence-electron chi connectivity index (χ2n) is 5.69. The first-order valence-corrected chi connectivity index (χ1v) is 7.83. The predicted molar refractivity (Wildman–Crippen MR) is 83.9 cm³/mol. The highest BCUT2D eigenvalue weighted by atomic mass is 19.1. The SMILES string of the molecule is COC(=O)CCN(Cc1c(F)cccc1[N+](=O)[O-])CC1CCCO1. The first kappa shape index (κ1) is 18.3. The fourth-order valence-electron chi connectivity index (χ4n) is 2.76. The van der Waals surface area contributed by atoms with Gasteiger partial charge in [-0.15, -0.1) is 0 Å². The molecule has 24 heavy (non-hydrogen) atoms. The number of esters is 1. The lowest BCUT2D eigenvalue weighted by Crippen LogP contribution is -2.34. The Balaban J connectivity index is 2.14. The summed E-state index contributed by atoms with van der Waals surface area (Å²) in [6.45, 7) is 1.52. The van der Waals surface area contributed by atoms with E-state index < -0.39 is 10.7 Å². The van der Waals surface area contributed by atoms with Crippen LogP contribution in [0.4, 0.5) is 10.1 Å². The molecular weight excluding hydrogens is 319 g/mol. The number of hydrogen-bond acceptors (Lipinski definition) is 6. The van der Waals surface area contributed by atoms with Gasteiger partial charge >= 0.3 is 5.97 Å². The molecule has 0 saturated carbocycles. The van der Waals surface area contributed by atoms with Crippen LogP contribution in [0.3, 0.4) is 0 Å². The van der Waals surface area contributed by atoms with Gasteiger partial charge in [-0.2, -0.15) is 0 Å². The average molecular weight is 340 g/mol. The van der Waals surface area contributed by atoms with E-state index in [9.17, 15) is 19.3 Å². The highest BCUT2D eigenvalue weighted by Gasteiger charge is 2.24. The van der Waals surface area contributed by atoms with Crippen LogP contribution in [0.1, 0.15) is 24.8 Å². The van der Waals surface area contributed by atoms with Crippen LogP contribution in [0.2, 0.25) is 0 Å². The standard InChI is InChI=1S/C16H21FN2O5/c1-23-16(20)7-8-18(10-12-4-3-9-24-12)11-13-14(17)5-2-6-15(13)19(21)22/h2,5-6,12H,3-4,7-11H2,1H3. The predicted octanol–water partition coefficient (Wildman–Crippen LogP) is 2.28. The lowest BCUT2D eigenvalue weighted by Gasteiger charge is -2.25. The van der Waals surface area contributed by atoms with Gasteiger partial charge in [0.15, 0.2) is 0 Å². The fourth-order valence-corrected chi connectivity index (χ4v) is 2.76. The number of methoxy groups -OCH3 is 1. The normalized spacial score (nSPS) is 17.2.